The molecule has 132 valence electrons. The van der Waals surface area contributed by atoms with Crippen LogP contribution in [0.2, 0.25) is 0 Å². The molecule has 0 bridgehead atoms. The molecule has 3 heteroatoms. The minimum Gasteiger partial charge on any atom is -0.368 e. The van der Waals surface area contributed by atoms with Gasteiger partial charge in [0.05, 0.1) is 17.3 Å². The quantitative estimate of drug-likeness (QED) is 0.635. The number of halogens is 2. The van der Waals surface area contributed by atoms with Gasteiger partial charge in [-0.25, -0.2) is 8.78 Å². The molecule has 1 fully saturated rings. The van der Waals surface area contributed by atoms with Crippen molar-refractivity contribution in [2.24, 2.45) is 11.8 Å². The molecule has 2 rings (SSSR count). The Morgan fingerprint density at radius 2 is 1.71 bits per heavy atom. The summed E-state index contributed by atoms with van der Waals surface area (Å²) in [6.07, 6.45) is 4.35. The fourth-order valence-corrected chi connectivity index (χ4v) is 3.35. The fraction of sp³-hybridized carbons (Fsp3) is 0.619. The zero-order chi connectivity index (χ0) is 17.9. The average Bonchev–Trinajstić information content (AvgIpc) is 2.49. The molecule has 1 aliphatic carbocycles. The smallest absolute Gasteiger partial charge is 0.174 e. The Bertz CT molecular complexity index is 629. The average molecular weight is 334 g/mol. The highest BCUT2D eigenvalue weighted by atomic mass is 19.2. The summed E-state index contributed by atoms with van der Waals surface area (Å²) in [5, 5.41) is 0. The largest absolute Gasteiger partial charge is 0.368 e. The second-order valence-electron chi connectivity index (χ2n) is 7.69. The van der Waals surface area contributed by atoms with Gasteiger partial charge in [0.1, 0.15) is 0 Å². The maximum absolute atomic E-state index is 14.5. The summed E-state index contributed by atoms with van der Waals surface area (Å²) in [7, 11) is 0. The van der Waals surface area contributed by atoms with E-state index in [9.17, 15) is 8.78 Å². The third kappa shape index (κ3) is 4.57. The van der Waals surface area contributed by atoms with Gasteiger partial charge in [0.2, 0.25) is 0 Å². The summed E-state index contributed by atoms with van der Waals surface area (Å²) >= 11 is 0. The van der Waals surface area contributed by atoms with Crippen LogP contribution in [0.25, 0.3) is 0 Å². The molecule has 0 unspecified atom stereocenters. The van der Waals surface area contributed by atoms with Crippen molar-refractivity contribution in [2.45, 2.75) is 72.0 Å². The molecule has 1 aromatic carbocycles. The van der Waals surface area contributed by atoms with Gasteiger partial charge in [-0.1, -0.05) is 24.8 Å². The topological polar surface area (TPSA) is 9.23 Å². The highest BCUT2D eigenvalue weighted by Gasteiger charge is 2.28. The summed E-state index contributed by atoms with van der Waals surface area (Å²) < 4.78 is 34.6. The van der Waals surface area contributed by atoms with E-state index in [4.69, 9.17) is 4.74 Å². The van der Waals surface area contributed by atoms with Gasteiger partial charge in [0.15, 0.2) is 11.6 Å². The van der Waals surface area contributed by atoms with E-state index in [0.717, 1.165) is 31.6 Å². The van der Waals surface area contributed by atoms with E-state index in [1.165, 1.54) is 0 Å². The zero-order valence-electron chi connectivity index (χ0n) is 15.4. The Morgan fingerprint density at radius 3 is 2.29 bits per heavy atom. The number of benzene rings is 1. The maximum Gasteiger partial charge on any atom is 0.174 e. The fourth-order valence-electron chi connectivity index (χ4n) is 3.35. The maximum atomic E-state index is 14.5. The van der Waals surface area contributed by atoms with Crippen LogP contribution in [-0.4, -0.2) is 6.10 Å². The molecule has 0 radical (unpaired) electrons. The van der Waals surface area contributed by atoms with E-state index in [0.29, 0.717) is 5.92 Å². The van der Waals surface area contributed by atoms with Crippen molar-refractivity contribution >= 4 is 0 Å². The number of hydrogen-bond donors (Lipinski definition) is 0. The van der Waals surface area contributed by atoms with Crippen LogP contribution in [0.5, 0.6) is 0 Å². The first-order valence-electron chi connectivity index (χ1n) is 8.88. The lowest BCUT2D eigenvalue weighted by Gasteiger charge is -2.29. The summed E-state index contributed by atoms with van der Waals surface area (Å²) in [6.45, 7) is 9.50. The van der Waals surface area contributed by atoms with Gasteiger partial charge in [-0.15, -0.1) is 0 Å². The van der Waals surface area contributed by atoms with E-state index in [2.05, 4.69) is 18.8 Å². The van der Waals surface area contributed by atoms with Crippen LogP contribution in [0.3, 0.4) is 0 Å². The van der Waals surface area contributed by atoms with Crippen LogP contribution in [0.1, 0.15) is 71.4 Å². The summed E-state index contributed by atoms with van der Waals surface area (Å²) in [4.78, 5) is 0. The molecule has 24 heavy (non-hydrogen) atoms. The third-order valence-electron chi connectivity index (χ3n) is 4.69. The van der Waals surface area contributed by atoms with E-state index >= 15 is 0 Å². The van der Waals surface area contributed by atoms with Crippen LogP contribution in [0, 0.1) is 35.3 Å². The Kier molecular flexibility index (Phi) is 6.04. The summed E-state index contributed by atoms with van der Waals surface area (Å²) in [6, 6.07) is 3.16. The molecule has 1 aromatic rings. The van der Waals surface area contributed by atoms with Crippen molar-refractivity contribution in [3.8, 4) is 11.8 Å². The Balaban J connectivity index is 2.22. The molecule has 0 heterocycles. The van der Waals surface area contributed by atoms with Gasteiger partial charge in [0.25, 0.3) is 0 Å². The van der Waals surface area contributed by atoms with Gasteiger partial charge < -0.3 is 4.74 Å². The Morgan fingerprint density at radius 1 is 1.08 bits per heavy atom. The lowest BCUT2D eigenvalue weighted by molar-refractivity contribution is -0.0622. The van der Waals surface area contributed by atoms with Crippen LogP contribution in [0.4, 0.5) is 8.78 Å². The second kappa shape index (κ2) is 7.66. The van der Waals surface area contributed by atoms with E-state index in [1.54, 1.807) is 26.0 Å². The lowest BCUT2D eigenvalue weighted by Crippen LogP contribution is -2.27. The summed E-state index contributed by atoms with van der Waals surface area (Å²) in [5.41, 5.74) is -0.522. The first kappa shape index (κ1) is 18.9. The Hall–Kier alpha value is -1.40. The van der Waals surface area contributed by atoms with Gasteiger partial charge in [-0.3, -0.25) is 0 Å². The number of ether oxygens (including phenoxy) is 1. The standard InChI is InChI=1S/C21H28F2O/c1-14(2)24-21(4,5)18-13-12-17(19(22)20(18)23)11-10-16-8-6-15(3)7-9-16/h12-16H,6-9H2,1-5H3. The number of hydrogen-bond acceptors (Lipinski definition) is 1. The molecular weight excluding hydrogens is 306 g/mol. The SMILES string of the molecule is CC1CCC(C#Cc2ccc(C(C)(C)OC(C)C)c(F)c2F)CC1. The molecule has 1 saturated carbocycles. The first-order chi connectivity index (χ1) is 11.2. The highest BCUT2D eigenvalue weighted by molar-refractivity contribution is 5.40. The predicted octanol–water partition coefficient (Wildman–Crippen LogP) is 5.80. The third-order valence-corrected chi connectivity index (χ3v) is 4.69. The van der Waals surface area contributed by atoms with Crippen molar-refractivity contribution < 1.29 is 13.5 Å². The zero-order valence-corrected chi connectivity index (χ0v) is 15.4. The molecule has 0 amide bonds. The first-order valence-corrected chi connectivity index (χ1v) is 8.88. The molecule has 0 spiro atoms. The molecule has 0 N–H and O–H groups in total. The molecule has 1 aliphatic rings. The van der Waals surface area contributed by atoms with Crippen LogP contribution in [-0.2, 0) is 10.3 Å². The van der Waals surface area contributed by atoms with E-state index in [-0.39, 0.29) is 17.2 Å². The monoisotopic (exact) mass is 334 g/mol. The van der Waals surface area contributed by atoms with Gasteiger partial charge >= 0.3 is 0 Å². The molecular formula is C21H28F2O. The molecule has 0 aliphatic heterocycles. The van der Waals surface area contributed by atoms with Crippen LogP contribution in [0.15, 0.2) is 12.1 Å². The van der Waals surface area contributed by atoms with E-state index < -0.39 is 17.2 Å². The van der Waals surface area contributed by atoms with Crippen molar-refractivity contribution in [2.75, 3.05) is 0 Å². The van der Waals surface area contributed by atoms with Crippen molar-refractivity contribution in [3.05, 3.63) is 34.9 Å². The van der Waals surface area contributed by atoms with Crippen LogP contribution < -0.4 is 0 Å². The molecule has 0 saturated heterocycles. The van der Waals surface area contributed by atoms with Gasteiger partial charge in [-0.05, 0) is 65.4 Å². The Labute approximate surface area is 144 Å². The normalized spacial score (nSPS) is 21.5. The molecule has 1 nitrogen and oxygen atoms in total. The lowest BCUT2D eigenvalue weighted by atomic mass is 9.83. The van der Waals surface area contributed by atoms with Crippen molar-refractivity contribution in [1.29, 1.82) is 0 Å². The predicted molar refractivity (Wildman–Crippen MR) is 93.6 cm³/mol. The van der Waals surface area contributed by atoms with Crippen LogP contribution >= 0.6 is 0 Å². The highest BCUT2D eigenvalue weighted by Crippen LogP contribution is 2.31. The van der Waals surface area contributed by atoms with Crippen molar-refractivity contribution in [3.63, 3.8) is 0 Å². The minimum absolute atomic E-state index is 0.0735. The van der Waals surface area contributed by atoms with E-state index in [1.807, 2.05) is 13.8 Å². The van der Waals surface area contributed by atoms with Gasteiger partial charge in [0, 0.05) is 11.5 Å². The summed E-state index contributed by atoms with van der Waals surface area (Å²) in [5.74, 6) is 5.30. The second-order valence-corrected chi connectivity index (χ2v) is 7.69. The number of rotatable bonds is 3. The van der Waals surface area contributed by atoms with Gasteiger partial charge in [-0.2, -0.15) is 0 Å². The minimum atomic E-state index is -0.884. The molecule has 0 atom stereocenters. The molecule has 0 aromatic heterocycles. The van der Waals surface area contributed by atoms with Crippen molar-refractivity contribution in [1.82, 2.24) is 0 Å².